The van der Waals surface area contributed by atoms with Crippen LogP contribution in [0, 0.1) is 0 Å². The van der Waals surface area contributed by atoms with Crippen LogP contribution in [0.3, 0.4) is 0 Å². The number of imide groups is 1. The maximum absolute atomic E-state index is 12.8. The van der Waals surface area contributed by atoms with Gasteiger partial charge in [0, 0.05) is 43.0 Å². The third-order valence-electron chi connectivity index (χ3n) is 4.73. The monoisotopic (exact) mass is 367 g/mol. The molecule has 26 heavy (non-hydrogen) atoms. The largest absolute Gasteiger partial charge is 0.368 e. The number of carbonyl (C=O) groups is 2. The molecule has 132 valence electrons. The second-order valence-electron chi connectivity index (χ2n) is 6.29. The van der Waals surface area contributed by atoms with Crippen molar-refractivity contribution in [2.24, 2.45) is 0 Å². The molecule has 0 unspecified atom stereocenters. The fourth-order valence-electron chi connectivity index (χ4n) is 3.36. The van der Waals surface area contributed by atoms with E-state index in [1.54, 1.807) is 24.3 Å². The minimum atomic E-state index is -0.308. The third-order valence-corrected chi connectivity index (χ3v) is 4.98. The van der Waals surface area contributed by atoms with Crippen molar-refractivity contribution in [2.75, 3.05) is 36.0 Å². The lowest BCUT2D eigenvalue weighted by Crippen LogP contribution is -2.47. The van der Waals surface area contributed by atoms with Gasteiger partial charge in [0.05, 0.1) is 5.69 Å². The number of piperazine rings is 1. The second kappa shape index (κ2) is 6.84. The van der Waals surface area contributed by atoms with Crippen molar-refractivity contribution in [3.63, 3.8) is 0 Å². The van der Waals surface area contributed by atoms with Crippen LogP contribution in [0.4, 0.5) is 11.4 Å². The molecule has 2 aliphatic heterocycles. The van der Waals surface area contributed by atoms with E-state index in [0.717, 1.165) is 13.1 Å². The third kappa shape index (κ3) is 3.06. The van der Waals surface area contributed by atoms with Gasteiger partial charge in [0.2, 0.25) is 0 Å². The number of hydrogen-bond acceptors (Lipinski definition) is 4. The molecule has 2 aliphatic rings. The van der Waals surface area contributed by atoms with Crippen molar-refractivity contribution in [1.82, 2.24) is 4.90 Å². The first-order valence-corrected chi connectivity index (χ1v) is 8.92. The Bertz CT molecular complexity index is 856. The molecule has 6 heteroatoms. The van der Waals surface area contributed by atoms with Gasteiger partial charge in [-0.1, -0.05) is 29.8 Å². The number of amides is 2. The van der Waals surface area contributed by atoms with Crippen molar-refractivity contribution < 1.29 is 9.59 Å². The normalized spacial score (nSPS) is 17.7. The van der Waals surface area contributed by atoms with Gasteiger partial charge >= 0.3 is 0 Å². The molecule has 0 N–H and O–H groups in total. The Morgan fingerprint density at radius 2 is 1.35 bits per heavy atom. The van der Waals surface area contributed by atoms with Crippen LogP contribution in [-0.2, 0) is 9.59 Å². The van der Waals surface area contributed by atoms with Gasteiger partial charge in [-0.25, -0.2) is 4.90 Å². The van der Waals surface area contributed by atoms with E-state index >= 15 is 0 Å². The van der Waals surface area contributed by atoms with Crippen molar-refractivity contribution in [3.05, 3.63) is 71.4 Å². The highest BCUT2D eigenvalue weighted by Gasteiger charge is 2.36. The summed E-state index contributed by atoms with van der Waals surface area (Å²) in [5.41, 5.74) is 2.19. The molecule has 1 fully saturated rings. The fraction of sp³-hybridized carbons (Fsp3) is 0.200. The van der Waals surface area contributed by atoms with Gasteiger partial charge in [-0.3, -0.25) is 9.59 Å². The summed E-state index contributed by atoms with van der Waals surface area (Å²) < 4.78 is 0. The molecule has 1 saturated heterocycles. The highest BCUT2D eigenvalue weighted by molar-refractivity contribution is 6.32. The smallest absolute Gasteiger partial charge is 0.281 e. The van der Waals surface area contributed by atoms with E-state index in [4.69, 9.17) is 11.6 Å². The van der Waals surface area contributed by atoms with Crippen LogP contribution in [0.2, 0.25) is 5.02 Å². The van der Waals surface area contributed by atoms with E-state index in [1.165, 1.54) is 16.7 Å². The molecule has 0 bridgehead atoms. The van der Waals surface area contributed by atoms with Crippen LogP contribution < -0.4 is 9.80 Å². The molecule has 5 nitrogen and oxygen atoms in total. The first kappa shape index (κ1) is 16.7. The molecule has 0 atom stereocenters. The van der Waals surface area contributed by atoms with Crippen LogP contribution in [-0.4, -0.2) is 42.9 Å². The maximum atomic E-state index is 12.8. The number of para-hydroxylation sites is 1. The zero-order valence-corrected chi connectivity index (χ0v) is 14.9. The maximum Gasteiger partial charge on any atom is 0.281 e. The van der Waals surface area contributed by atoms with Crippen molar-refractivity contribution in [3.8, 4) is 0 Å². The number of benzene rings is 2. The Labute approximate surface area is 157 Å². The van der Waals surface area contributed by atoms with Gasteiger partial charge in [0.15, 0.2) is 0 Å². The topological polar surface area (TPSA) is 43.9 Å². The minimum Gasteiger partial charge on any atom is -0.368 e. The molecule has 2 aromatic carbocycles. The predicted octanol–water partition coefficient (Wildman–Crippen LogP) is 2.92. The summed E-state index contributed by atoms with van der Waals surface area (Å²) in [6.45, 7) is 3.02. The highest BCUT2D eigenvalue weighted by Crippen LogP contribution is 2.27. The first-order chi connectivity index (χ1) is 12.6. The summed E-state index contributed by atoms with van der Waals surface area (Å²) in [4.78, 5) is 30.7. The van der Waals surface area contributed by atoms with Gasteiger partial charge in [0.25, 0.3) is 11.8 Å². The number of hydrogen-bond donors (Lipinski definition) is 0. The van der Waals surface area contributed by atoms with E-state index < -0.39 is 0 Å². The molecule has 0 aromatic heterocycles. The second-order valence-corrected chi connectivity index (χ2v) is 6.73. The molecule has 2 heterocycles. The van der Waals surface area contributed by atoms with Gasteiger partial charge < -0.3 is 9.80 Å². The van der Waals surface area contributed by atoms with Gasteiger partial charge in [-0.2, -0.15) is 0 Å². The van der Waals surface area contributed by atoms with E-state index in [-0.39, 0.29) is 11.8 Å². The highest BCUT2D eigenvalue weighted by atomic mass is 35.5. The van der Waals surface area contributed by atoms with Crippen molar-refractivity contribution in [1.29, 1.82) is 0 Å². The molecule has 0 radical (unpaired) electrons. The summed E-state index contributed by atoms with van der Waals surface area (Å²) >= 11 is 5.89. The van der Waals surface area contributed by atoms with E-state index in [2.05, 4.69) is 17.0 Å². The summed E-state index contributed by atoms with van der Waals surface area (Å²) in [6.07, 6.45) is 1.44. The van der Waals surface area contributed by atoms with Crippen molar-refractivity contribution >= 4 is 34.8 Å². The molecule has 0 saturated carbocycles. The first-order valence-electron chi connectivity index (χ1n) is 8.54. The van der Waals surface area contributed by atoms with E-state index in [1.807, 2.05) is 23.1 Å². The number of anilines is 2. The Morgan fingerprint density at radius 3 is 2.00 bits per heavy atom. The number of nitrogens with zero attached hydrogens (tertiary/aromatic N) is 3. The number of rotatable bonds is 3. The zero-order chi connectivity index (χ0) is 18.1. The van der Waals surface area contributed by atoms with Crippen LogP contribution in [0.5, 0.6) is 0 Å². The van der Waals surface area contributed by atoms with Gasteiger partial charge in [0.1, 0.15) is 5.70 Å². The lowest BCUT2D eigenvalue weighted by molar-refractivity contribution is -0.120. The van der Waals surface area contributed by atoms with E-state index in [9.17, 15) is 9.59 Å². The average molecular weight is 368 g/mol. The molecular weight excluding hydrogens is 350 g/mol. The number of carbonyl (C=O) groups excluding carboxylic acids is 2. The van der Waals surface area contributed by atoms with Crippen LogP contribution in [0.1, 0.15) is 0 Å². The zero-order valence-electron chi connectivity index (χ0n) is 14.1. The Morgan fingerprint density at radius 1 is 0.731 bits per heavy atom. The van der Waals surface area contributed by atoms with Crippen molar-refractivity contribution in [2.45, 2.75) is 0 Å². The lowest BCUT2D eigenvalue weighted by atomic mass is 10.2. The fourth-order valence-corrected chi connectivity index (χ4v) is 3.49. The average Bonchev–Trinajstić information content (AvgIpc) is 2.98. The lowest BCUT2D eigenvalue weighted by Gasteiger charge is -2.37. The summed E-state index contributed by atoms with van der Waals surface area (Å²) in [5.74, 6) is -0.580. The molecular formula is C20H18ClN3O2. The Hall–Kier alpha value is -2.79. The summed E-state index contributed by atoms with van der Waals surface area (Å²) in [5, 5.41) is 0.568. The minimum absolute atomic E-state index is 0.273. The molecule has 2 amide bonds. The molecule has 4 rings (SSSR count). The van der Waals surface area contributed by atoms with Crippen LogP contribution in [0.25, 0.3) is 0 Å². The Balaban J connectivity index is 1.46. The predicted molar refractivity (Wildman–Crippen MR) is 102 cm³/mol. The quantitative estimate of drug-likeness (QED) is 0.782. The van der Waals surface area contributed by atoms with Crippen LogP contribution >= 0.6 is 11.6 Å². The Kier molecular flexibility index (Phi) is 4.39. The number of halogens is 1. The standard InChI is InChI=1S/C20H18ClN3O2/c21-15-6-8-17(9-7-15)24-19(25)14-18(20(24)26)23-12-10-22(11-13-23)16-4-2-1-3-5-16/h1-9,14H,10-13H2. The SMILES string of the molecule is O=C1C=C(N2CCN(c3ccccc3)CC2)C(=O)N1c1ccc(Cl)cc1. The van der Waals surface area contributed by atoms with E-state index in [0.29, 0.717) is 29.5 Å². The molecule has 2 aromatic rings. The summed E-state index contributed by atoms with van der Waals surface area (Å²) in [7, 11) is 0. The molecule has 0 aliphatic carbocycles. The van der Waals surface area contributed by atoms with Gasteiger partial charge in [-0.15, -0.1) is 0 Å². The summed E-state index contributed by atoms with van der Waals surface area (Å²) in [6, 6.07) is 16.9. The molecule has 0 spiro atoms. The van der Waals surface area contributed by atoms with Crippen LogP contribution in [0.15, 0.2) is 66.4 Å². The van der Waals surface area contributed by atoms with Gasteiger partial charge in [-0.05, 0) is 36.4 Å².